The smallest absolute Gasteiger partial charge is 0.0640 e. The Bertz CT molecular complexity index is 352. The van der Waals surface area contributed by atoms with Crippen molar-refractivity contribution in [1.82, 2.24) is 5.32 Å². The summed E-state index contributed by atoms with van der Waals surface area (Å²) in [4.78, 5) is 0. The van der Waals surface area contributed by atoms with Crippen LogP contribution in [-0.4, -0.2) is 18.6 Å². The summed E-state index contributed by atoms with van der Waals surface area (Å²) in [5.41, 5.74) is 2.29. The summed E-state index contributed by atoms with van der Waals surface area (Å²) >= 11 is 6.21. The Morgan fingerprint density at radius 1 is 1.53 bits per heavy atom. The fourth-order valence-electron chi connectivity index (χ4n) is 2.50. The van der Waals surface area contributed by atoms with Crippen LogP contribution < -0.4 is 10.6 Å². The van der Waals surface area contributed by atoms with Gasteiger partial charge in [-0.1, -0.05) is 23.7 Å². The molecular weight excluding hydrogens is 232 g/mol. The van der Waals surface area contributed by atoms with Gasteiger partial charge in [0.25, 0.3) is 0 Å². The average Bonchev–Trinajstić information content (AvgIpc) is 2.76. The van der Waals surface area contributed by atoms with Crippen molar-refractivity contribution >= 4 is 17.3 Å². The molecule has 0 radical (unpaired) electrons. The third-order valence-corrected chi connectivity index (χ3v) is 3.73. The molecule has 1 aromatic carbocycles. The van der Waals surface area contributed by atoms with Crippen LogP contribution in [0.4, 0.5) is 5.69 Å². The summed E-state index contributed by atoms with van der Waals surface area (Å²) in [6, 6.07) is 7.14. The van der Waals surface area contributed by atoms with Crippen molar-refractivity contribution in [3.05, 3.63) is 28.8 Å². The van der Waals surface area contributed by atoms with E-state index in [4.69, 9.17) is 11.6 Å². The Balaban J connectivity index is 1.95. The Labute approximate surface area is 109 Å². The van der Waals surface area contributed by atoms with Gasteiger partial charge in [-0.15, -0.1) is 0 Å². The number of hydrogen-bond donors (Lipinski definition) is 2. The molecule has 1 saturated heterocycles. The Morgan fingerprint density at radius 3 is 3.00 bits per heavy atom. The monoisotopic (exact) mass is 252 g/mol. The van der Waals surface area contributed by atoms with E-state index in [1.165, 1.54) is 24.9 Å². The molecule has 94 valence electrons. The van der Waals surface area contributed by atoms with Gasteiger partial charge < -0.3 is 10.6 Å². The average molecular weight is 253 g/mol. The van der Waals surface area contributed by atoms with E-state index < -0.39 is 0 Å². The summed E-state index contributed by atoms with van der Waals surface area (Å²) < 4.78 is 0. The SMILES string of the molecule is Cc1cccc(Cl)c1NC(C)CC1CCCN1. The lowest BCUT2D eigenvalue weighted by Crippen LogP contribution is -2.29. The van der Waals surface area contributed by atoms with Crippen LogP contribution in [0.15, 0.2) is 18.2 Å². The normalized spacial score (nSPS) is 21.5. The van der Waals surface area contributed by atoms with Gasteiger partial charge in [-0.3, -0.25) is 0 Å². The number of rotatable bonds is 4. The first-order valence-electron chi connectivity index (χ1n) is 6.42. The molecule has 2 rings (SSSR count). The zero-order valence-corrected chi connectivity index (χ0v) is 11.3. The second-order valence-corrected chi connectivity index (χ2v) is 5.41. The molecule has 0 spiro atoms. The molecule has 1 aliphatic rings. The minimum Gasteiger partial charge on any atom is -0.381 e. The van der Waals surface area contributed by atoms with Gasteiger partial charge in [0.1, 0.15) is 0 Å². The third kappa shape index (κ3) is 3.36. The molecule has 2 unspecified atom stereocenters. The van der Waals surface area contributed by atoms with Crippen molar-refractivity contribution in [2.24, 2.45) is 0 Å². The minimum absolute atomic E-state index is 0.448. The van der Waals surface area contributed by atoms with Crippen LogP contribution >= 0.6 is 11.6 Å². The molecule has 2 nitrogen and oxygen atoms in total. The van der Waals surface area contributed by atoms with E-state index in [2.05, 4.69) is 30.5 Å². The highest BCUT2D eigenvalue weighted by Crippen LogP contribution is 2.26. The molecule has 0 amide bonds. The van der Waals surface area contributed by atoms with Gasteiger partial charge in [-0.05, 0) is 51.3 Å². The van der Waals surface area contributed by atoms with Crippen LogP contribution in [0.1, 0.15) is 31.7 Å². The fraction of sp³-hybridized carbons (Fsp3) is 0.571. The molecular formula is C14H21ClN2. The third-order valence-electron chi connectivity index (χ3n) is 3.41. The lowest BCUT2D eigenvalue weighted by Gasteiger charge is -2.21. The van der Waals surface area contributed by atoms with Crippen LogP contribution in [0.5, 0.6) is 0 Å². The Hall–Kier alpha value is -0.730. The first-order valence-corrected chi connectivity index (χ1v) is 6.79. The largest absolute Gasteiger partial charge is 0.381 e. The van der Waals surface area contributed by atoms with E-state index in [0.29, 0.717) is 12.1 Å². The quantitative estimate of drug-likeness (QED) is 0.856. The molecule has 2 N–H and O–H groups in total. The number of anilines is 1. The summed E-state index contributed by atoms with van der Waals surface area (Å²) in [7, 11) is 0. The van der Waals surface area contributed by atoms with Gasteiger partial charge in [0, 0.05) is 12.1 Å². The number of halogens is 1. The first-order chi connectivity index (χ1) is 8.16. The van der Waals surface area contributed by atoms with E-state index in [0.717, 1.165) is 17.1 Å². The number of benzene rings is 1. The number of aryl methyl sites for hydroxylation is 1. The standard InChI is InChI=1S/C14H21ClN2/c1-10-5-3-7-13(15)14(10)17-11(2)9-12-6-4-8-16-12/h3,5,7,11-12,16-17H,4,6,8-9H2,1-2H3. The molecule has 1 aromatic rings. The maximum Gasteiger partial charge on any atom is 0.0640 e. The highest BCUT2D eigenvalue weighted by atomic mass is 35.5. The molecule has 3 heteroatoms. The first kappa shape index (κ1) is 12.7. The van der Waals surface area contributed by atoms with E-state index in [9.17, 15) is 0 Å². The summed E-state index contributed by atoms with van der Waals surface area (Å²) in [6.45, 7) is 5.49. The minimum atomic E-state index is 0.448. The predicted molar refractivity (Wildman–Crippen MR) is 74.9 cm³/mol. The zero-order chi connectivity index (χ0) is 12.3. The van der Waals surface area contributed by atoms with E-state index >= 15 is 0 Å². The zero-order valence-electron chi connectivity index (χ0n) is 10.6. The van der Waals surface area contributed by atoms with Crippen LogP contribution in [0, 0.1) is 6.92 Å². The van der Waals surface area contributed by atoms with Crippen LogP contribution in [-0.2, 0) is 0 Å². The lowest BCUT2D eigenvalue weighted by molar-refractivity contribution is 0.523. The highest BCUT2D eigenvalue weighted by Gasteiger charge is 2.17. The van der Waals surface area contributed by atoms with Crippen molar-refractivity contribution in [3.8, 4) is 0 Å². The second kappa shape index (κ2) is 5.74. The van der Waals surface area contributed by atoms with Crippen molar-refractivity contribution in [3.63, 3.8) is 0 Å². The topological polar surface area (TPSA) is 24.1 Å². The summed E-state index contributed by atoms with van der Waals surface area (Å²) in [6.07, 6.45) is 3.76. The van der Waals surface area contributed by atoms with E-state index in [-0.39, 0.29) is 0 Å². The van der Waals surface area contributed by atoms with Crippen LogP contribution in [0.25, 0.3) is 0 Å². The van der Waals surface area contributed by atoms with Crippen molar-refractivity contribution in [1.29, 1.82) is 0 Å². The number of nitrogens with one attached hydrogen (secondary N) is 2. The summed E-state index contributed by atoms with van der Waals surface area (Å²) in [5.74, 6) is 0. The van der Waals surface area contributed by atoms with Gasteiger partial charge in [0.15, 0.2) is 0 Å². The number of para-hydroxylation sites is 1. The molecule has 1 aliphatic heterocycles. The Morgan fingerprint density at radius 2 is 2.35 bits per heavy atom. The molecule has 2 atom stereocenters. The van der Waals surface area contributed by atoms with Crippen molar-refractivity contribution in [2.75, 3.05) is 11.9 Å². The van der Waals surface area contributed by atoms with Gasteiger partial charge >= 0.3 is 0 Å². The summed E-state index contributed by atoms with van der Waals surface area (Å²) in [5, 5.41) is 7.88. The number of hydrogen-bond acceptors (Lipinski definition) is 2. The van der Waals surface area contributed by atoms with E-state index in [1.54, 1.807) is 0 Å². The maximum absolute atomic E-state index is 6.21. The molecule has 0 aromatic heterocycles. The Kier molecular flexibility index (Phi) is 4.30. The van der Waals surface area contributed by atoms with Gasteiger partial charge in [-0.2, -0.15) is 0 Å². The lowest BCUT2D eigenvalue weighted by atomic mass is 10.1. The van der Waals surface area contributed by atoms with Gasteiger partial charge in [0.2, 0.25) is 0 Å². The highest BCUT2D eigenvalue weighted by molar-refractivity contribution is 6.33. The van der Waals surface area contributed by atoms with Gasteiger partial charge in [0.05, 0.1) is 10.7 Å². The van der Waals surface area contributed by atoms with E-state index in [1.807, 2.05) is 12.1 Å². The molecule has 17 heavy (non-hydrogen) atoms. The van der Waals surface area contributed by atoms with Crippen LogP contribution in [0.2, 0.25) is 5.02 Å². The molecule has 0 saturated carbocycles. The molecule has 0 bridgehead atoms. The fourth-order valence-corrected chi connectivity index (χ4v) is 2.78. The maximum atomic E-state index is 6.21. The van der Waals surface area contributed by atoms with Gasteiger partial charge in [-0.25, -0.2) is 0 Å². The second-order valence-electron chi connectivity index (χ2n) is 5.01. The molecule has 0 aliphatic carbocycles. The van der Waals surface area contributed by atoms with Crippen molar-refractivity contribution in [2.45, 2.75) is 45.2 Å². The predicted octanol–water partition coefficient (Wildman–Crippen LogP) is 3.59. The van der Waals surface area contributed by atoms with Crippen LogP contribution in [0.3, 0.4) is 0 Å². The molecule has 1 fully saturated rings. The van der Waals surface area contributed by atoms with Crippen molar-refractivity contribution < 1.29 is 0 Å². The molecule has 1 heterocycles.